The molecule has 0 amide bonds. The Labute approximate surface area is 159 Å². The Hall–Kier alpha value is -3.20. The summed E-state index contributed by atoms with van der Waals surface area (Å²) in [5.74, 6) is 0.646. The van der Waals surface area contributed by atoms with Crippen molar-refractivity contribution >= 4 is 11.6 Å². The minimum atomic E-state index is -0.184. The molecule has 0 saturated heterocycles. The van der Waals surface area contributed by atoms with Gasteiger partial charge in [0.1, 0.15) is 5.75 Å². The number of Topliss-reactive ketones (excluding diaryl/α,β-unsaturated/α-hetero) is 2. The molecule has 0 spiro atoms. The van der Waals surface area contributed by atoms with Gasteiger partial charge in [-0.2, -0.15) is 0 Å². The van der Waals surface area contributed by atoms with E-state index >= 15 is 0 Å². The summed E-state index contributed by atoms with van der Waals surface area (Å²) in [6.45, 7) is 0. The van der Waals surface area contributed by atoms with Crippen LogP contribution in [0.4, 0.5) is 0 Å². The molecule has 0 aliphatic heterocycles. The zero-order chi connectivity index (χ0) is 19.1. The van der Waals surface area contributed by atoms with Crippen molar-refractivity contribution < 1.29 is 14.3 Å². The molecule has 3 aromatic carbocycles. The van der Waals surface area contributed by atoms with Crippen molar-refractivity contribution in [1.29, 1.82) is 0 Å². The van der Waals surface area contributed by atoms with Crippen molar-refractivity contribution in [1.82, 2.24) is 0 Å². The molecular weight excluding hydrogens is 336 g/mol. The molecule has 0 heterocycles. The number of benzene rings is 3. The van der Waals surface area contributed by atoms with Crippen LogP contribution in [0, 0.1) is 0 Å². The quantitative estimate of drug-likeness (QED) is 0.512. The van der Waals surface area contributed by atoms with E-state index in [1.165, 1.54) is 0 Å². The first-order chi connectivity index (χ1) is 13.2. The number of carbonyl (C=O) groups is 2. The highest BCUT2D eigenvalue weighted by Crippen LogP contribution is 2.28. The smallest absolute Gasteiger partial charge is 0.163 e. The minimum Gasteiger partial charge on any atom is -0.497 e. The zero-order valence-corrected chi connectivity index (χ0v) is 15.3. The lowest BCUT2D eigenvalue weighted by atomic mass is 9.86. The molecule has 0 fully saturated rings. The van der Waals surface area contributed by atoms with Gasteiger partial charge < -0.3 is 4.74 Å². The Morgan fingerprint density at radius 2 is 1.15 bits per heavy atom. The van der Waals surface area contributed by atoms with Crippen molar-refractivity contribution in [3.8, 4) is 5.75 Å². The summed E-state index contributed by atoms with van der Waals surface area (Å²) >= 11 is 0. The highest BCUT2D eigenvalue weighted by molar-refractivity contribution is 5.99. The van der Waals surface area contributed by atoms with Crippen molar-refractivity contribution in [3.05, 3.63) is 102 Å². The number of rotatable bonds is 8. The van der Waals surface area contributed by atoms with Crippen LogP contribution in [0.2, 0.25) is 0 Å². The number of ketones is 2. The van der Waals surface area contributed by atoms with Crippen LogP contribution in [0.25, 0.3) is 0 Å². The third-order valence-corrected chi connectivity index (χ3v) is 4.64. The highest BCUT2D eigenvalue weighted by Gasteiger charge is 2.21. The van der Waals surface area contributed by atoms with Gasteiger partial charge in [-0.15, -0.1) is 0 Å². The molecule has 0 unspecified atom stereocenters. The SMILES string of the molecule is COc1ccc(C(CC(=O)c2ccccc2)CC(=O)c2ccccc2)cc1. The second kappa shape index (κ2) is 8.95. The van der Waals surface area contributed by atoms with Crippen molar-refractivity contribution in [2.45, 2.75) is 18.8 Å². The zero-order valence-electron chi connectivity index (χ0n) is 15.3. The summed E-state index contributed by atoms with van der Waals surface area (Å²) in [6, 6.07) is 26.0. The summed E-state index contributed by atoms with van der Waals surface area (Å²) in [7, 11) is 1.62. The lowest BCUT2D eigenvalue weighted by Crippen LogP contribution is -2.12. The second-order valence-electron chi connectivity index (χ2n) is 6.46. The Morgan fingerprint density at radius 1 is 0.704 bits per heavy atom. The van der Waals surface area contributed by atoms with Crippen molar-refractivity contribution in [2.75, 3.05) is 7.11 Å². The van der Waals surface area contributed by atoms with Gasteiger partial charge in [0.25, 0.3) is 0 Å². The van der Waals surface area contributed by atoms with Gasteiger partial charge in [-0.05, 0) is 23.6 Å². The fourth-order valence-corrected chi connectivity index (χ4v) is 3.12. The van der Waals surface area contributed by atoms with Crippen LogP contribution < -0.4 is 4.74 Å². The number of ether oxygens (including phenoxy) is 1. The van der Waals surface area contributed by atoms with E-state index in [1.807, 2.05) is 84.9 Å². The Bertz CT molecular complexity index is 830. The van der Waals surface area contributed by atoms with Crippen LogP contribution in [0.3, 0.4) is 0 Å². The number of carbonyl (C=O) groups excluding carboxylic acids is 2. The molecule has 0 N–H and O–H groups in total. The molecule has 3 aromatic rings. The van der Waals surface area contributed by atoms with E-state index in [9.17, 15) is 9.59 Å². The fraction of sp³-hybridized carbons (Fsp3) is 0.167. The van der Waals surface area contributed by atoms with Gasteiger partial charge in [-0.1, -0.05) is 72.8 Å². The molecule has 3 heteroatoms. The fourth-order valence-electron chi connectivity index (χ4n) is 3.12. The van der Waals surface area contributed by atoms with Gasteiger partial charge in [-0.25, -0.2) is 0 Å². The molecule has 136 valence electrons. The Balaban J connectivity index is 1.83. The van der Waals surface area contributed by atoms with E-state index in [0.29, 0.717) is 11.1 Å². The standard InChI is InChI=1S/C24H22O3/c1-27-22-14-12-18(13-15-22)21(16-23(25)19-8-4-2-5-9-19)17-24(26)20-10-6-3-7-11-20/h2-15,21H,16-17H2,1H3. The molecular formula is C24H22O3. The van der Waals surface area contributed by atoms with Gasteiger partial charge in [0, 0.05) is 24.0 Å². The van der Waals surface area contributed by atoms with Gasteiger partial charge in [-0.3, -0.25) is 9.59 Å². The first-order valence-corrected chi connectivity index (χ1v) is 8.98. The first kappa shape index (κ1) is 18.6. The van der Waals surface area contributed by atoms with E-state index in [0.717, 1.165) is 11.3 Å². The van der Waals surface area contributed by atoms with Crippen LogP contribution in [0.1, 0.15) is 45.0 Å². The Kier molecular flexibility index (Phi) is 6.16. The van der Waals surface area contributed by atoms with E-state index in [-0.39, 0.29) is 30.3 Å². The van der Waals surface area contributed by atoms with Crippen LogP contribution in [0.5, 0.6) is 5.75 Å². The normalized spacial score (nSPS) is 10.6. The summed E-state index contributed by atoms with van der Waals surface area (Å²) in [5, 5.41) is 0. The average molecular weight is 358 g/mol. The monoisotopic (exact) mass is 358 g/mol. The van der Waals surface area contributed by atoms with E-state index in [2.05, 4.69) is 0 Å². The maximum atomic E-state index is 12.7. The predicted molar refractivity (Wildman–Crippen MR) is 107 cm³/mol. The van der Waals surface area contributed by atoms with Crippen LogP contribution >= 0.6 is 0 Å². The lowest BCUT2D eigenvalue weighted by molar-refractivity contribution is 0.0944. The molecule has 0 bridgehead atoms. The third kappa shape index (κ3) is 4.91. The molecule has 0 saturated carbocycles. The predicted octanol–water partition coefficient (Wildman–Crippen LogP) is 5.32. The van der Waals surface area contributed by atoms with Gasteiger partial charge in [0.15, 0.2) is 11.6 Å². The molecule has 0 aromatic heterocycles. The molecule has 0 atom stereocenters. The summed E-state index contributed by atoms with van der Waals surface area (Å²) in [4.78, 5) is 25.5. The van der Waals surface area contributed by atoms with Crippen LogP contribution in [-0.2, 0) is 0 Å². The van der Waals surface area contributed by atoms with Gasteiger partial charge >= 0.3 is 0 Å². The second-order valence-corrected chi connectivity index (χ2v) is 6.46. The summed E-state index contributed by atoms with van der Waals surface area (Å²) < 4.78 is 5.22. The highest BCUT2D eigenvalue weighted by atomic mass is 16.5. The molecule has 27 heavy (non-hydrogen) atoms. The number of hydrogen-bond acceptors (Lipinski definition) is 3. The Morgan fingerprint density at radius 3 is 1.56 bits per heavy atom. The maximum Gasteiger partial charge on any atom is 0.163 e. The topological polar surface area (TPSA) is 43.4 Å². The molecule has 3 nitrogen and oxygen atoms in total. The number of methoxy groups -OCH3 is 1. The largest absolute Gasteiger partial charge is 0.497 e. The average Bonchev–Trinajstić information content (AvgIpc) is 2.74. The first-order valence-electron chi connectivity index (χ1n) is 8.98. The molecule has 3 rings (SSSR count). The van der Waals surface area contributed by atoms with Crippen molar-refractivity contribution in [3.63, 3.8) is 0 Å². The minimum absolute atomic E-state index is 0.0391. The van der Waals surface area contributed by atoms with E-state index in [1.54, 1.807) is 7.11 Å². The van der Waals surface area contributed by atoms with E-state index in [4.69, 9.17) is 4.74 Å². The van der Waals surface area contributed by atoms with E-state index < -0.39 is 0 Å². The molecule has 0 radical (unpaired) electrons. The van der Waals surface area contributed by atoms with Crippen molar-refractivity contribution in [2.24, 2.45) is 0 Å². The van der Waals surface area contributed by atoms with Gasteiger partial charge in [0.2, 0.25) is 0 Å². The van der Waals surface area contributed by atoms with Crippen LogP contribution in [-0.4, -0.2) is 18.7 Å². The maximum absolute atomic E-state index is 12.7. The van der Waals surface area contributed by atoms with Gasteiger partial charge in [0.05, 0.1) is 7.11 Å². The van der Waals surface area contributed by atoms with Crippen LogP contribution in [0.15, 0.2) is 84.9 Å². The third-order valence-electron chi connectivity index (χ3n) is 4.64. The summed E-state index contributed by atoms with van der Waals surface area (Å²) in [5.41, 5.74) is 2.30. The molecule has 0 aliphatic rings. The molecule has 0 aliphatic carbocycles. The summed E-state index contributed by atoms with van der Waals surface area (Å²) in [6.07, 6.45) is 0.573. The lowest BCUT2D eigenvalue weighted by Gasteiger charge is -2.17. The number of hydrogen-bond donors (Lipinski definition) is 0.